The zero-order valence-electron chi connectivity index (χ0n) is 26.4. The van der Waals surface area contributed by atoms with E-state index in [4.69, 9.17) is 30.4 Å². The molecule has 0 spiro atoms. The highest BCUT2D eigenvalue weighted by molar-refractivity contribution is 6.62. The molecular weight excluding hydrogens is 587 g/mol. The zero-order valence-corrected chi connectivity index (χ0v) is 27.2. The lowest BCUT2D eigenvalue weighted by atomic mass is 9.74. The second-order valence-electron chi connectivity index (χ2n) is 12.6. The molecule has 1 saturated heterocycles. The first-order valence-corrected chi connectivity index (χ1v) is 15.4. The van der Waals surface area contributed by atoms with Crippen molar-refractivity contribution >= 4 is 36.2 Å². The maximum Gasteiger partial charge on any atom is 0.495 e. The van der Waals surface area contributed by atoms with Crippen molar-refractivity contribution in [3.05, 3.63) is 105 Å². The van der Waals surface area contributed by atoms with Gasteiger partial charge in [-0.25, -0.2) is 0 Å². The Bertz CT molecular complexity index is 1800. The summed E-state index contributed by atoms with van der Waals surface area (Å²) in [6.45, 7) is 13.7. The van der Waals surface area contributed by atoms with Crippen LogP contribution in [-0.4, -0.2) is 41.8 Å². The average Bonchev–Trinajstić information content (AvgIpc) is 3.83. The van der Waals surface area contributed by atoms with Crippen LogP contribution in [0.3, 0.4) is 0 Å². The molecule has 3 aromatic carbocycles. The van der Waals surface area contributed by atoms with Crippen LogP contribution in [0.5, 0.6) is 11.5 Å². The van der Waals surface area contributed by atoms with Gasteiger partial charge in [0, 0.05) is 29.6 Å². The number of aliphatic imine (C=N–C) groups is 1. The van der Waals surface area contributed by atoms with Gasteiger partial charge in [0.05, 0.1) is 34.0 Å². The van der Waals surface area contributed by atoms with Crippen molar-refractivity contribution in [1.29, 1.82) is 0 Å². The Labute approximate surface area is 269 Å². The van der Waals surface area contributed by atoms with Crippen LogP contribution in [0, 0.1) is 13.8 Å². The van der Waals surface area contributed by atoms with Crippen molar-refractivity contribution in [3.63, 3.8) is 0 Å². The fraction of sp³-hybridized carbons (Fsp3) is 0.306. The fourth-order valence-corrected chi connectivity index (χ4v) is 5.67. The standard InChI is InChI=1S/C36H36BClN2O5/c1-22-25(9-7-10-28(22)29-11-8-12-30(23(29)2)37-44-35(3,4)36(5,6)45-37)21-43-34-15-33(27(19-41)14-31(34)38)42-20-24-13-26(17-39-16-24)32-18-40-32/h7-17,19H,18,20-21H2,1-6H3. The first kappa shape index (κ1) is 31.0. The quantitative estimate of drug-likeness (QED) is 0.139. The predicted molar refractivity (Wildman–Crippen MR) is 178 cm³/mol. The van der Waals surface area contributed by atoms with Crippen LogP contribution in [0.1, 0.15) is 65.9 Å². The molecular formula is C36H36BClN2O5. The minimum atomic E-state index is -0.442. The molecule has 0 amide bonds. The number of benzene rings is 3. The third-order valence-electron chi connectivity index (χ3n) is 9.03. The first-order chi connectivity index (χ1) is 21.5. The molecule has 0 atom stereocenters. The summed E-state index contributed by atoms with van der Waals surface area (Å²) in [5.41, 5.74) is 8.85. The maximum atomic E-state index is 11.8. The number of hydrogen-bond donors (Lipinski definition) is 0. The maximum absolute atomic E-state index is 11.8. The Morgan fingerprint density at radius 1 is 0.889 bits per heavy atom. The minimum Gasteiger partial charge on any atom is -0.488 e. The highest BCUT2D eigenvalue weighted by Gasteiger charge is 2.52. The van der Waals surface area contributed by atoms with Crippen LogP contribution in [0.15, 0.2) is 72.0 Å². The van der Waals surface area contributed by atoms with E-state index < -0.39 is 18.3 Å². The van der Waals surface area contributed by atoms with Gasteiger partial charge in [0.15, 0.2) is 6.29 Å². The summed E-state index contributed by atoms with van der Waals surface area (Å²) in [5.74, 6) is 0.819. The summed E-state index contributed by atoms with van der Waals surface area (Å²) in [7, 11) is -0.442. The van der Waals surface area contributed by atoms with E-state index in [1.54, 1.807) is 24.5 Å². The molecule has 0 N–H and O–H groups in total. The highest BCUT2D eigenvalue weighted by atomic mass is 35.5. The number of aromatic nitrogens is 1. The summed E-state index contributed by atoms with van der Waals surface area (Å²) >= 11 is 6.55. The second kappa shape index (κ2) is 12.1. The van der Waals surface area contributed by atoms with Gasteiger partial charge in [-0.3, -0.25) is 14.8 Å². The molecule has 4 aromatic rings. The molecule has 0 bridgehead atoms. The summed E-state index contributed by atoms with van der Waals surface area (Å²) in [5, 5.41) is 0.333. The van der Waals surface area contributed by atoms with Gasteiger partial charge < -0.3 is 18.8 Å². The zero-order chi connectivity index (χ0) is 31.9. The molecule has 6 rings (SSSR count). The Kier molecular flexibility index (Phi) is 8.33. The van der Waals surface area contributed by atoms with E-state index in [2.05, 4.69) is 69.7 Å². The van der Waals surface area contributed by atoms with Crippen molar-refractivity contribution in [1.82, 2.24) is 4.98 Å². The fourth-order valence-electron chi connectivity index (χ4n) is 5.44. The highest BCUT2D eigenvalue weighted by Crippen LogP contribution is 2.38. The van der Waals surface area contributed by atoms with Crippen molar-refractivity contribution in [2.24, 2.45) is 4.99 Å². The lowest BCUT2D eigenvalue weighted by Gasteiger charge is -2.32. The summed E-state index contributed by atoms with van der Waals surface area (Å²) < 4.78 is 25.0. The van der Waals surface area contributed by atoms with Crippen molar-refractivity contribution in [3.8, 4) is 22.6 Å². The molecule has 0 saturated carbocycles. The molecule has 0 radical (unpaired) electrons. The Hall–Kier alpha value is -3.98. The topological polar surface area (TPSA) is 79.2 Å². The summed E-state index contributed by atoms with van der Waals surface area (Å²) in [4.78, 5) is 20.3. The number of nitrogens with zero attached hydrogens (tertiary/aromatic N) is 2. The van der Waals surface area contributed by atoms with Crippen LogP contribution >= 0.6 is 11.6 Å². The van der Waals surface area contributed by atoms with Gasteiger partial charge >= 0.3 is 7.12 Å². The largest absolute Gasteiger partial charge is 0.495 e. The van der Waals surface area contributed by atoms with E-state index in [9.17, 15) is 4.79 Å². The Balaban J connectivity index is 1.21. The molecule has 3 heterocycles. The number of aldehydes is 1. The van der Waals surface area contributed by atoms with Gasteiger partial charge in [0.25, 0.3) is 0 Å². The first-order valence-electron chi connectivity index (χ1n) is 15.0. The van der Waals surface area contributed by atoms with Gasteiger partial charge in [-0.1, -0.05) is 48.0 Å². The number of ether oxygens (including phenoxy) is 2. The van der Waals surface area contributed by atoms with E-state index >= 15 is 0 Å². The van der Waals surface area contributed by atoms with Crippen molar-refractivity contribution < 1.29 is 23.6 Å². The lowest BCUT2D eigenvalue weighted by Crippen LogP contribution is -2.41. The van der Waals surface area contributed by atoms with Crippen LogP contribution in [0.25, 0.3) is 11.1 Å². The van der Waals surface area contributed by atoms with Crippen LogP contribution in [0.4, 0.5) is 0 Å². The predicted octanol–water partition coefficient (Wildman–Crippen LogP) is 7.09. The van der Waals surface area contributed by atoms with Gasteiger partial charge in [0.2, 0.25) is 0 Å². The van der Waals surface area contributed by atoms with Crippen molar-refractivity contribution in [2.75, 3.05) is 6.54 Å². The molecule has 0 aliphatic carbocycles. The number of halogens is 1. The third-order valence-corrected chi connectivity index (χ3v) is 9.33. The van der Waals surface area contributed by atoms with Gasteiger partial charge in [-0.2, -0.15) is 0 Å². The van der Waals surface area contributed by atoms with E-state index in [0.717, 1.165) is 62.9 Å². The van der Waals surface area contributed by atoms with Gasteiger partial charge in [-0.05, 0) is 87.0 Å². The number of carbonyl (C=O) groups is 1. The molecule has 45 heavy (non-hydrogen) atoms. The van der Waals surface area contributed by atoms with E-state index in [1.807, 2.05) is 24.3 Å². The van der Waals surface area contributed by atoms with Crippen molar-refractivity contribution in [2.45, 2.75) is 66.0 Å². The van der Waals surface area contributed by atoms with Crippen LogP contribution < -0.4 is 14.9 Å². The summed E-state index contributed by atoms with van der Waals surface area (Å²) in [6.07, 6.45) is 4.25. The Morgan fingerprint density at radius 3 is 2.24 bits per heavy atom. The van der Waals surface area contributed by atoms with Gasteiger partial charge in [0.1, 0.15) is 24.7 Å². The number of pyridine rings is 1. The normalized spacial score (nSPS) is 16.3. The number of carbonyl (C=O) groups excluding carboxylic acids is 1. The average molecular weight is 623 g/mol. The molecule has 1 aromatic heterocycles. The smallest absolute Gasteiger partial charge is 0.488 e. The van der Waals surface area contributed by atoms with E-state index in [1.165, 1.54) is 0 Å². The lowest BCUT2D eigenvalue weighted by molar-refractivity contribution is 0.00578. The molecule has 230 valence electrons. The summed E-state index contributed by atoms with van der Waals surface area (Å²) in [6, 6.07) is 17.7. The molecule has 7 nitrogen and oxygen atoms in total. The molecule has 2 aliphatic rings. The minimum absolute atomic E-state index is 0.238. The monoisotopic (exact) mass is 622 g/mol. The Morgan fingerprint density at radius 2 is 1.56 bits per heavy atom. The van der Waals surface area contributed by atoms with E-state index in [0.29, 0.717) is 22.1 Å². The number of rotatable bonds is 10. The third kappa shape index (κ3) is 6.28. The molecule has 0 unspecified atom stereocenters. The second-order valence-corrected chi connectivity index (χ2v) is 13.0. The van der Waals surface area contributed by atoms with E-state index in [-0.39, 0.29) is 13.2 Å². The van der Waals surface area contributed by atoms with Crippen LogP contribution in [-0.2, 0) is 22.5 Å². The number of hydrogen-bond acceptors (Lipinski definition) is 7. The molecule has 2 aliphatic heterocycles. The van der Waals surface area contributed by atoms with Gasteiger partial charge in [-0.15, -0.1) is 0 Å². The SMILES string of the molecule is Cc1c(COc2cc(OCc3cncc(C4=NC4)c3)c(C=O)cc2Cl)cccc1-c1cccc(B2OC(C)(C)C(C)(C)O2)c1C. The van der Waals surface area contributed by atoms with Crippen LogP contribution in [0.2, 0.25) is 5.02 Å². The molecule has 1 fully saturated rings. The molecule has 9 heteroatoms.